The van der Waals surface area contributed by atoms with E-state index in [4.69, 9.17) is 0 Å². The summed E-state index contributed by atoms with van der Waals surface area (Å²) < 4.78 is 13.3. The molecule has 144 valence electrons. The van der Waals surface area contributed by atoms with E-state index in [1.54, 1.807) is 12.1 Å². The summed E-state index contributed by atoms with van der Waals surface area (Å²) in [5.74, 6) is -0.186. The molecule has 2 aliphatic rings. The van der Waals surface area contributed by atoms with E-state index in [0.717, 1.165) is 25.3 Å². The third-order valence-corrected chi connectivity index (χ3v) is 5.74. The molecule has 5 heteroatoms. The average Bonchev–Trinajstić information content (AvgIpc) is 2.70. The maximum Gasteiger partial charge on any atom is 0.123 e. The minimum absolute atomic E-state index is 0.186. The molecule has 0 unspecified atom stereocenters. The molecule has 2 aliphatic heterocycles. The number of hydrogen-bond donors (Lipinski definition) is 0. The van der Waals surface area contributed by atoms with Gasteiger partial charge in [-0.25, -0.2) is 4.39 Å². The normalized spacial score (nSPS) is 18.6. The zero-order valence-electron chi connectivity index (χ0n) is 16.1. The molecule has 1 saturated heterocycles. The molecule has 0 N–H and O–H groups in total. The smallest absolute Gasteiger partial charge is 0.123 e. The van der Waals surface area contributed by atoms with Crippen molar-refractivity contribution in [3.05, 3.63) is 54.3 Å². The first-order valence-corrected chi connectivity index (χ1v) is 9.99. The summed E-state index contributed by atoms with van der Waals surface area (Å²) in [6.45, 7) is 8.91. The standard InChI is InChI=1S/C22H29FN4/c1-24-13-15-25(16-14-24)11-4-12-26-17-18-27(20-9-7-19(23)8-10-20)22-6-3-2-5-21(22)26/h2-3,5-10H,4,11-18H2,1H3. The highest BCUT2D eigenvalue weighted by Gasteiger charge is 2.23. The molecule has 0 aliphatic carbocycles. The van der Waals surface area contributed by atoms with Crippen molar-refractivity contribution in [1.82, 2.24) is 9.80 Å². The zero-order chi connectivity index (χ0) is 18.6. The van der Waals surface area contributed by atoms with Crippen molar-refractivity contribution in [3.8, 4) is 0 Å². The molecule has 0 atom stereocenters. The van der Waals surface area contributed by atoms with Gasteiger partial charge in [0, 0.05) is 51.5 Å². The fourth-order valence-electron chi connectivity index (χ4n) is 4.10. The number of hydrogen-bond acceptors (Lipinski definition) is 4. The highest BCUT2D eigenvalue weighted by Crippen LogP contribution is 2.37. The number of nitrogens with zero attached hydrogens (tertiary/aromatic N) is 4. The molecule has 27 heavy (non-hydrogen) atoms. The molecule has 2 aromatic rings. The molecule has 1 fully saturated rings. The monoisotopic (exact) mass is 368 g/mol. The number of likely N-dealkylation sites (N-methyl/N-ethyl adjacent to an activating group) is 1. The van der Waals surface area contributed by atoms with Crippen LogP contribution < -0.4 is 9.80 Å². The van der Waals surface area contributed by atoms with Gasteiger partial charge in [0.2, 0.25) is 0 Å². The summed E-state index contributed by atoms with van der Waals surface area (Å²) in [5, 5.41) is 0. The number of rotatable bonds is 5. The van der Waals surface area contributed by atoms with Gasteiger partial charge in [-0.15, -0.1) is 0 Å². The van der Waals surface area contributed by atoms with Crippen molar-refractivity contribution in [2.24, 2.45) is 0 Å². The van der Waals surface area contributed by atoms with Crippen molar-refractivity contribution in [2.75, 3.05) is 69.2 Å². The lowest BCUT2D eigenvalue weighted by molar-refractivity contribution is 0.153. The van der Waals surface area contributed by atoms with Crippen LogP contribution in [-0.4, -0.2) is 69.2 Å². The number of halogens is 1. The van der Waals surface area contributed by atoms with Gasteiger partial charge in [-0.2, -0.15) is 0 Å². The van der Waals surface area contributed by atoms with Crippen LogP contribution in [0.2, 0.25) is 0 Å². The lowest BCUT2D eigenvalue weighted by atomic mass is 10.1. The van der Waals surface area contributed by atoms with Gasteiger partial charge in [0.25, 0.3) is 0 Å². The predicted molar refractivity (Wildman–Crippen MR) is 111 cm³/mol. The topological polar surface area (TPSA) is 13.0 Å². The Morgan fingerprint density at radius 3 is 2.22 bits per heavy atom. The first-order chi connectivity index (χ1) is 13.2. The van der Waals surface area contributed by atoms with Gasteiger partial charge in [-0.3, -0.25) is 0 Å². The van der Waals surface area contributed by atoms with Crippen molar-refractivity contribution in [1.29, 1.82) is 0 Å². The van der Waals surface area contributed by atoms with E-state index in [0.29, 0.717) is 0 Å². The Morgan fingerprint density at radius 2 is 1.48 bits per heavy atom. The highest BCUT2D eigenvalue weighted by molar-refractivity contribution is 5.79. The van der Waals surface area contributed by atoms with Crippen molar-refractivity contribution in [3.63, 3.8) is 0 Å². The summed E-state index contributed by atoms with van der Waals surface area (Å²) >= 11 is 0. The van der Waals surface area contributed by atoms with Gasteiger partial charge >= 0.3 is 0 Å². The second-order valence-electron chi connectivity index (χ2n) is 7.60. The molecule has 4 rings (SSSR count). The van der Waals surface area contributed by atoms with E-state index < -0.39 is 0 Å². The van der Waals surface area contributed by atoms with Crippen molar-refractivity contribution >= 4 is 17.1 Å². The van der Waals surface area contributed by atoms with Crippen LogP contribution in [0.5, 0.6) is 0 Å². The van der Waals surface area contributed by atoms with Crippen LogP contribution in [0.1, 0.15) is 6.42 Å². The zero-order valence-corrected chi connectivity index (χ0v) is 16.1. The second kappa shape index (κ2) is 8.28. The molecule has 2 heterocycles. The molecule has 0 amide bonds. The first-order valence-electron chi connectivity index (χ1n) is 9.99. The minimum atomic E-state index is -0.186. The fraction of sp³-hybridized carbons (Fsp3) is 0.455. The van der Waals surface area contributed by atoms with Crippen molar-refractivity contribution in [2.45, 2.75) is 6.42 Å². The van der Waals surface area contributed by atoms with Crippen molar-refractivity contribution < 1.29 is 4.39 Å². The van der Waals surface area contributed by atoms with Gasteiger partial charge in [-0.1, -0.05) is 12.1 Å². The quantitative estimate of drug-likeness (QED) is 0.802. The van der Waals surface area contributed by atoms with E-state index in [2.05, 4.69) is 50.9 Å². The summed E-state index contributed by atoms with van der Waals surface area (Å²) in [7, 11) is 2.20. The van der Waals surface area contributed by atoms with Gasteiger partial charge in [0.05, 0.1) is 11.4 Å². The molecule has 0 radical (unpaired) electrons. The molecule has 0 aromatic heterocycles. The minimum Gasteiger partial charge on any atom is -0.368 e. The lowest BCUT2D eigenvalue weighted by Crippen LogP contribution is -2.45. The SMILES string of the molecule is CN1CCN(CCCN2CCN(c3ccc(F)cc3)c3ccccc32)CC1. The molecule has 0 spiro atoms. The van der Waals surface area contributed by atoms with Crippen LogP contribution in [-0.2, 0) is 0 Å². The Balaban J connectivity index is 1.41. The number of para-hydroxylation sites is 2. The van der Waals surface area contributed by atoms with E-state index in [1.807, 2.05) is 12.1 Å². The third kappa shape index (κ3) is 4.25. The third-order valence-electron chi connectivity index (χ3n) is 5.74. The van der Waals surface area contributed by atoms with Crippen LogP contribution >= 0.6 is 0 Å². The number of piperazine rings is 1. The second-order valence-corrected chi connectivity index (χ2v) is 7.60. The molecular weight excluding hydrogens is 339 g/mol. The van der Waals surface area contributed by atoms with Gasteiger partial charge in [0.15, 0.2) is 0 Å². The van der Waals surface area contributed by atoms with Crippen LogP contribution in [0.3, 0.4) is 0 Å². The fourth-order valence-corrected chi connectivity index (χ4v) is 4.10. The van der Waals surface area contributed by atoms with Crippen LogP contribution in [0.4, 0.5) is 21.5 Å². The Kier molecular flexibility index (Phi) is 5.60. The Labute approximate surface area is 161 Å². The summed E-state index contributed by atoms with van der Waals surface area (Å²) in [4.78, 5) is 9.79. The predicted octanol–water partition coefficient (Wildman–Crippen LogP) is 3.42. The van der Waals surface area contributed by atoms with Crippen LogP contribution in [0, 0.1) is 5.82 Å². The average molecular weight is 369 g/mol. The number of fused-ring (bicyclic) bond motifs is 1. The number of anilines is 3. The molecular formula is C22H29FN4. The van der Waals surface area contributed by atoms with E-state index in [1.165, 1.54) is 50.5 Å². The molecule has 0 bridgehead atoms. The van der Waals surface area contributed by atoms with Gasteiger partial charge in [0.1, 0.15) is 5.82 Å². The van der Waals surface area contributed by atoms with E-state index >= 15 is 0 Å². The Bertz CT molecular complexity index is 740. The molecule has 0 saturated carbocycles. The van der Waals surface area contributed by atoms with E-state index in [9.17, 15) is 4.39 Å². The summed E-state index contributed by atoms with van der Waals surface area (Å²) in [5.41, 5.74) is 3.56. The maximum atomic E-state index is 13.3. The molecule has 4 nitrogen and oxygen atoms in total. The lowest BCUT2D eigenvalue weighted by Gasteiger charge is -2.39. The number of benzene rings is 2. The first kappa shape index (κ1) is 18.3. The van der Waals surface area contributed by atoms with Gasteiger partial charge in [-0.05, 0) is 56.4 Å². The highest BCUT2D eigenvalue weighted by atomic mass is 19.1. The summed E-state index contributed by atoms with van der Waals surface area (Å²) in [6.07, 6.45) is 1.19. The molecule has 2 aromatic carbocycles. The van der Waals surface area contributed by atoms with E-state index in [-0.39, 0.29) is 5.82 Å². The van der Waals surface area contributed by atoms with Crippen LogP contribution in [0.15, 0.2) is 48.5 Å². The summed E-state index contributed by atoms with van der Waals surface area (Å²) in [6, 6.07) is 15.4. The maximum absolute atomic E-state index is 13.3. The van der Waals surface area contributed by atoms with Crippen LogP contribution in [0.25, 0.3) is 0 Å². The largest absolute Gasteiger partial charge is 0.368 e. The Morgan fingerprint density at radius 1 is 0.778 bits per heavy atom. The Hall–Kier alpha value is -2.11. The van der Waals surface area contributed by atoms with Gasteiger partial charge < -0.3 is 19.6 Å².